The quantitative estimate of drug-likeness (QED) is 0.623. The molecule has 0 saturated carbocycles. The molecule has 1 amide bonds. The van der Waals surface area contributed by atoms with Crippen LogP contribution in [0.2, 0.25) is 0 Å². The Morgan fingerprint density at radius 3 is 2.45 bits per heavy atom. The summed E-state index contributed by atoms with van der Waals surface area (Å²) in [5.41, 5.74) is 1.50. The van der Waals surface area contributed by atoms with Crippen LogP contribution < -0.4 is 4.90 Å². The van der Waals surface area contributed by atoms with E-state index in [9.17, 15) is 9.59 Å². The number of ether oxygens (including phenoxy) is 1. The first-order valence-corrected chi connectivity index (χ1v) is 9.46. The second-order valence-electron chi connectivity index (χ2n) is 6.66. The van der Waals surface area contributed by atoms with Crippen LogP contribution in [-0.2, 0) is 9.53 Å². The highest BCUT2D eigenvalue weighted by Crippen LogP contribution is 2.25. The molecular formula is C22H21N3O4. The van der Waals surface area contributed by atoms with E-state index in [2.05, 4.69) is 9.88 Å². The number of pyridine rings is 1. The Morgan fingerprint density at radius 2 is 1.72 bits per heavy atom. The van der Waals surface area contributed by atoms with E-state index in [1.807, 2.05) is 48.5 Å². The Morgan fingerprint density at radius 1 is 0.966 bits per heavy atom. The van der Waals surface area contributed by atoms with Gasteiger partial charge in [0.05, 0.1) is 6.26 Å². The highest BCUT2D eigenvalue weighted by atomic mass is 16.5. The molecule has 4 rings (SSSR count). The minimum absolute atomic E-state index is 0.101. The fourth-order valence-electron chi connectivity index (χ4n) is 3.32. The summed E-state index contributed by atoms with van der Waals surface area (Å²) in [6.07, 6.45) is 3.20. The maximum absolute atomic E-state index is 12.5. The molecule has 0 bridgehead atoms. The van der Waals surface area contributed by atoms with Gasteiger partial charge < -0.3 is 19.0 Å². The van der Waals surface area contributed by atoms with Gasteiger partial charge in [-0.1, -0.05) is 36.4 Å². The van der Waals surface area contributed by atoms with Crippen molar-refractivity contribution in [2.75, 3.05) is 37.7 Å². The molecule has 2 aromatic heterocycles. The Hall–Kier alpha value is -3.61. The molecule has 29 heavy (non-hydrogen) atoms. The SMILES string of the molecule is O=C(OCC(=O)N1CCN(c2ccccn2)CC1)c1occc1-c1ccccc1. The van der Waals surface area contributed by atoms with Crippen molar-refractivity contribution >= 4 is 17.7 Å². The number of hydrogen-bond donors (Lipinski definition) is 0. The van der Waals surface area contributed by atoms with Gasteiger partial charge in [-0.05, 0) is 23.8 Å². The second kappa shape index (κ2) is 8.60. The lowest BCUT2D eigenvalue weighted by Gasteiger charge is -2.35. The summed E-state index contributed by atoms with van der Waals surface area (Å²) in [6.45, 7) is 2.18. The van der Waals surface area contributed by atoms with Gasteiger partial charge in [0.1, 0.15) is 5.82 Å². The lowest BCUT2D eigenvalue weighted by atomic mass is 10.1. The van der Waals surface area contributed by atoms with E-state index in [4.69, 9.17) is 9.15 Å². The monoisotopic (exact) mass is 391 g/mol. The van der Waals surface area contributed by atoms with Gasteiger partial charge in [0, 0.05) is 37.9 Å². The van der Waals surface area contributed by atoms with Crippen molar-refractivity contribution in [1.29, 1.82) is 0 Å². The van der Waals surface area contributed by atoms with Gasteiger partial charge in [-0.15, -0.1) is 0 Å². The molecule has 0 radical (unpaired) electrons. The van der Waals surface area contributed by atoms with Gasteiger partial charge >= 0.3 is 5.97 Å². The zero-order chi connectivity index (χ0) is 20.1. The van der Waals surface area contributed by atoms with Crippen molar-refractivity contribution in [3.8, 4) is 11.1 Å². The number of nitrogens with zero attached hydrogens (tertiary/aromatic N) is 3. The maximum Gasteiger partial charge on any atom is 0.375 e. The normalized spacial score (nSPS) is 13.9. The number of aromatic nitrogens is 1. The molecule has 7 heteroatoms. The molecular weight excluding hydrogens is 370 g/mol. The summed E-state index contributed by atoms with van der Waals surface area (Å²) in [6, 6.07) is 16.9. The number of furan rings is 1. The Balaban J connectivity index is 1.31. The number of anilines is 1. The molecule has 1 aromatic carbocycles. The first kappa shape index (κ1) is 18.7. The number of amides is 1. The van der Waals surface area contributed by atoms with Gasteiger partial charge in [0.25, 0.3) is 5.91 Å². The van der Waals surface area contributed by atoms with Crippen LogP contribution in [0, 0.1) is 0 Å². The van der Waals surface area contributed by atoms with E-state index < -0.39 is 5.97 Å². The Bertz CT molecular complexity index is 964. The summed E-state index contributed by atoms with van der Waals surface area (Å²) in [4.78, 5) is 33.0. The molecule has 0 unspecified atom stereocenters. The van der Waals surface area contributed by atoms with E-state index in [0.717, 1.165) is 11.4 Å². The van der Waals surface area contributed by atoms with Crippen LogP contribution in [-0.4, -0.2) is 54.5 Å². The fraction of sp³-hybridized carbons (Fsp3) is 0.227. The minimum atomic E-state index is -0.644. The highest BCUT2D eigenvalue weighted by molar-refractivity contribution is 5.95. The highest BCUT2D eigenvalue weighted by Gasteiger charge is 2.24. The molecule has 0 N–H and O–H groups in total. The van der Waals surface area contributed by atoms with Crippen molar-refractivity contribution in [2.45, 2.75) is 0 Å². The third kappa shape index (κ3) is 4.29. The molecule has 1 fully saturated rings. The summed E-state index contributed by atoms with van der Waals surface area (Å²) >= 11 is 0. The number of rotatable bonds is 5. The number of hydrogen-bond acceptors (Lipinski definition) is 6. The van der Waals surface area contributed by atoms with Gasteiger partial charge in [0.2, 0.25) is 5.76 Å². The summed E-state index contributed by atoms with van der Waals surface area (Å²) in [7, 11) is 0. The zero-order valence-electron chi connectivity index (χ0n) is 15.9. The molecule has 7 nitrogen and oxygen atoms in total. The van der Waals surface area contributed by atoms with Gasteiger partial charge in [-0.3, -0.25) is 4.79 Å². The van der Waals surface area contributed by atoms with Crippen molar-refractivity contribution in [1.82, 2.24) is 9.88 Å². The maximum atomic E-state index is 12.5. The molecule has 0 atom stereocenters. The number of piperazine rings is 1. The smallest absolute Gasteiger partial charge is 0.375 e. The average molecular weight is 391 g/mol. The molecule has 3 aromatic rings. The van der Waals surface area contributed by atoms with Crippen LogP contribution in [0.5, 0.6) is 0 Å². The molecule has 1 aliphatic rings. The largest absolute Gasteiger partial charge is 0.457 e. The van der Waals surface area contributed by atoms with Crippen molar-refractivity contribution in [3.05, 3.63) is 72.8 Å². The predicted octanol–water partition coefficient (Wildman–Crippen LogP) is 2.85. The molecule has 1 aliphatic heterocycles. The van der Waals surface area contributed by atoms with Crippen LogP contribution in [0.1, 0.15) is 10.6 Å². The van der Waals surface area contributed by atoms with Gasteiger partial charge in [-0.25, -0.2) is 9.78 Å². The van der Waals surface area contributed by atoms with Gasteiger partial charge in [0.15, 0.2) is 6.61 Å². The Labute approximate surface area is 168 Å². The zero-order valence-corrected chi connectivity index (χ0v) is 15.9. The van der Waals surface area contributed by atoms with E-state index >= 15 is 0 Å². The summed E-state index contributed by atoms with van der Waals surface area (Å²) < 4.78 is 10.5. The van der Waals surface area contributed by atoms with E-state index in [1.165, 1.54) is 6.26 Å². The van der Waals surface area contributed by atoms with Crippen molar-refractivity contribution < 1.29 is 18.7 Å². The average Bonchev–Trinajstić information content (AvgIpc) is 3.29. The number of esters is 1. The second-order valence-corrected chi connectivity index (χ2v) is 6.66. The number of carbonyl (C=O) groups excluding carboxylic acids is 2. The van der Waals surface area contributed by atoms with Crippen LogP contribution in [0.3, 0.4) is 0 Å². The fourth-order valence-corrected chi connectivity index (χ4v) is 3.32. The first-order chi connectivity index (χ1) is 14.2. The predicted molar refractivity (Wildman–Crippen MR) is 107 cm³/mol. The summed E-state index contributed by atoms with van der Waals surface area (Å²) in [5, 5.41) is 0. The standard InChI is InChI=1S/C22H21N3O4/c26-20(25-13-11-24(12-14-25)19-8-4-5-10-23-19)16-29-22(27)21-18(9-15-28-21)17-6-2-1-3-7-17/h1-10,15H,11-14,16H2. The van der Waals surface area contributed by atoms with E-state index in [1.54, 1.807) is 17.2 Å². The third-order valence-electron chi connectivity index (χ3n) is 4.87. The Kier molecular flexibility index (Phi) is 5.56. The van der Waals surface area contributed by atoms with Crippen LogP contribution in [0.15, 0.2) is 71.5 Å². The third-order valence-corrected chi connectivity index (χ3v) is 4.87. The molecule has 0 aliphatic carbocycles. The molecule has 1 saturated heterocycles. The van der Waals surface area contributed by atoms with Crippen LogP contribution >= 0.6 is 0 Å². The van der Waals surface area contributed by atoms with Gasteiger partial charge in [-0.2, -0.15) is 0 Å². The van der Waals surface area contributed by atoms with E-state index in [0.29, 0.717) is 31.7 Å². The number of carbonyl (C=O) groups is 2. The molecule has 3 heterocycles. The van der Waals surface area contributed by atoms with Crippen molar-refractivity contribution in [3.63, 3.8) is 0 Å². The van der Waals surface area contributed by atoms with E-state index in [-0.39, 0.29) is 18.3 Å². The molecule has 148 valence electrons. The topological polar surface area (TPSA) is 75.9 Å². The lowest BCUT2D eigenvalue weighted by Crippen LogP contribution is -2.50. The summed E-state index contributed by atoms with van der Waals surface area (Å²) in [5.74, 6) is 0.141. The molecule has 0 spiro atoms. The first-order valence-electron chi connectivity index (χ1n) is 9.46. The van der Waals surface area contributed by atoms with Crippen LogP contribution in [0.4, 0.5) is 5.82 Å². The van der Waals surface area contributed by atoms with Crippen LogP contribution in [0.25, 0.3) is 11.1 Å². The lowest BCUT2D eigenvalue weighted by molar-refractivity contribution is -0.134. The minimum Gasteiger partial charge on any atom is -0.457 e. The van der Waals surface area contributed by atoms with Crippen molar-refractivity contribution in [2.24, 2.45) is 0 Å². The number of benzene rings is 1.